The zero-order chi connectivity index (χ0) is 15.4. The molecule has 2 aromatic heterocycles. The van der Waals surface area contributed by atoms with Crippen LogP contribution in [0.2, 0.25) is 0 Å². The van der Waals surface area contributed by atoms with E-state index in [1.54, 1.807) is 12.4 Å². The van der Waals surface area contributed by atoms with Gasteiger partial charge in [0.1, 0.15) is 5.01 Å². The summed E-state index contributed by atoms with van der Waals surface area (Å²) in [7, 11) is 0. The normalized spacial score (nSPS) is 12.6. The van der Waals surface area contributed by atoms with Crippen molar-refractivity contribution in [2.45, 2.75) is 13.0 Å². The summed E-state index contributed by atoms with van der Waals surface area (Å²) in [5, 5.41) is 6.93. The molecule has 0 saturated heterocycles. The molecular formula is C15H15N5OS. The minimum atomic E-state index is -0.0602. The van der Waals surface area contributed by atoms with Gasteiger partial charge in [0.15, 0.2) is 12.2 Å². The number of rotatable bonds is 5. The Morgan fingerprint density at radius 2 is 2.18 bits per heavy atom. The average molecular weight is 313 g/mol. The molecule has 0 aliphatic heterocycles. The van der Waals surface area contributed by atoms with Crippen LogP contribution in [0.4, 0.5) is 5.69 Å². The van der Waals surface area contributed by atoms with Gasteiger partial charge in [-0.1, -0.05) is 0 Å². The van der Waals surface area contributed by atoms with Crippen LogP contribution in [0.15, 0.2) is 51.8 Å². The van der Waals surface area contributed by atoms with Crippen molar-refractivity contribution in [3.63, 3.8) is 0 Å². The molecule has 112 valence electrons. The van der Waals surface area contributed by atoms with Gasteiger partial charge < -0.3 is 10.2 Å². The smallest absolute Gasteiger partial charge is 0.181 e. The topological polar surface area (TPSA) is 89.3 Å². The maximum absolute atomic E-state index is 5.77. The molecular weight excluding hydrogens is 298 g/mol. The molecule has 0 amide bonds. The first-order valence-electron chi connectivity index (χ1n) is 6.71. The van der Waals surface area contributed by atoms with E-state index in [-0.39, 0.29) is 6.04 Å². The number of benzene rings is 1. The molecule has 2 heterocycles. The summed E-state index contributed by atoms with van der Waals surface area (Å²) >= 11 is 1.51. The molecule has 22 heavy (non-hydrogen) atoms. The largest absolute Gasteiger partial charge is 0.444 e. The van der Waals surface area contributed by atoms with Crippen molar-refractivity contribution in [2.24, 2.45) is 10.8 Å². The van der Waals surface area contributed by atoms with Crippen LogP contribution in [-0.4, -0.2) is 16.2 Å². The molecule has 0 saturated carbocycles. The van der Waals surface area contributed by atoms with E-state index in [9.17, 15) is 0 Å². The van der Waals surface area contributed by atoms with E-state index in [2.05, 4.69) is 20.5 Å². The van der Waals surface area contributed by atoms with Crippen molar-refractivity contribution in [3.05, 3.63) is 52.9 Å². The number of nitrogens with two attached hydrogens (primary N) is 1. The predicted molar refractivity (Wildman–Crippen MR) is 87.9 cm³/mol. The molecule has 3 N–H and O–H groups in total. The number of anilines is 1. The Bertz CT molecular complexity index is 747. The highest BCUT2D eigenvalue weighted by atomic mass is 32.1. The van der Waals surface area contributed by atoms with Gasteiger partial charge in [-0.3, -0.25) is 5.43 Å². The Balaban J connectivity index is 1.62. The summed E-state index contributed by atoms with van der Waals surface area (Å²) < 4.78 is 5.24. The fraction of sp³-hybridized carbons (Fsp3) is 0.133. The lowest BCUT2D eigenvalue weighted by Crippen LogP contribution is -2.05. The lowest BCUT2D eigenvalue weighted by Gasteiger charge is -2.01. The van der Waals surface area contributed by atoms with Gasteiger partial charge in [-0.15, -0.1) is 11.3 Å². The quantitative estimate of drug-likeness (QED) is 0.557. The third-order valence-corrected chi connectivity index (χ3v) is 3.77. The van der Waals surface area contributed by atoms with Crippen molar-refractivity contribution in [1.29, 1.82) is 0 Å². The molecule has 0 fully saturated rings. The van der Waals surface area contributed by atoms with Crippen LogP contribution >= 0.6 is 11.3 Å². The van der Waals surface area contributed by atoms with Crippen LogP contribution in [0.25, 0.3) is 11.3 Å². The summed E-state index contributed by atoms with van der Waals surface area (Å²) in [6.07, 6.45) is 4.77. The Morgan fingerprint density at radius 1 is 1.36 bits per heavy atom. The van der Waals surface area contributed by atoms with E-state index in [1.165, 1.54) is 17.7 Å². The first kappa shape index (κ1) is 14.4. The molecule has 1 atom stereocenters. The van der Waals surface area contributed by atoms with Crippen LogP contribution in [0, 0.1) is 0 Å². The molecule has 0 radical (unpaired) electrons. The summed E-state index contributed by atoms with van der Waals surface area (Å²) in [6, 6.07) is 7.66. The van der Waals surface area contributed by atoms with Gasteiger partial charge in [0.05, 0.1) is 23.8 Å². The zero-order valence-electron chi connectivity index (χ0n) is 11.9. The van der Waals surface area contributed by atoms with Crippen molar-refractivity contribution >= 4 is 23.2 Å². The Kier molecular flexibility index (Phi) is 4.27. The lowest BCUT2D eigenvalue weighted by molar-refractivity contribution is 0.572. The number of thiazole rings is 1. The third-order valence-electron chi connectivity index (χ3n) is 2.98. The zero-order valence-corrected chi connectivity index (χ0v) is 12.7. The minimum absolute atomic E-state index is 0.0602. The molecule has 0 spiro atoms. The SMILES string of the molecule is CC(N)c1csc(C=NNc2ccc(-c3cnco3)cc2)n1. The number of nitrogens with zero attached hydrogens (tertiary/aromatic N) is 3. The lowest BCUT2D eigenvalue weighted by atomic mass is 10.2. The highest BCUT2D eigenvalue weighted by Gasteiger charge is 2.04. The predicted octanol–water partition coefficient (Wildman–Crippen LogP) is 3.26. The molecule has 0 bridgehead atoms. The molecule has 1 aromatic carbocycles. The van der Waals surface area contributed by atoms with E-state index >= 15 is 0 Å². The highest BCUT2D eigenvalue weighted by Crippen LogP contribution is 2.20. The van der Waals surface area contributed by atoms with E-state index in [1.807, 2.05) is 36.6 Å². The maximum Gasteiger partial charge on any atom is 0.181 e. The fourth-order valence-corrected chi connectivity index (χ4v) is 2.58. The molecule has 3 aromatic rings. The second-order valence-corrected chi connectivity index (χ2v) is 5.60. The van der Waals surface area contributed by atoms with E-state index in [4.69, 9.17) is 10.2 Å². The van der Waals surface area contributed by atoms with Crippen molar-refractivity contribution in [1.82, 2.24) is 9.97 Å². The van der Waals surface area contributed by atoms with Crippen molar-refractivity contribution in [2.75, 3.05) is 5.43 Å². The number of hydrazone groups is 1. The minimum Gasteiger partial charge on any atom is -0.444 e. The van der Waals surface area contributed by atoms with Gasteiger partial charge in [0, 0.05) is 17.0 Å². The number of hydrogen-bond donors (Lipinski definition) is 2. The first-order valence-corrected chi connectivity index (χ1v) is 7.59. The van der Waals surface area contributed by atoms with Crippen molar-refractivity contribution in [3.8, 4) is 11.3 Å². The summed E-state index contributed by atoms with van der Waals surface area (Å²) in [5.41, 5.74) is 11.5. The molecule has 0 aliphatic rings. The maximum atomic E-state index is 5.77. The van der Waals surface area contributed by atoms with Gasteiger partial charge in [-0.25, -0.2) is 9.97 Å². The first-order chi connectivity index (χ1) is 10.7. The van der Waals surface area contributed by atoms with Gasteiger partial charge in [-0.2, -0.15) is 5.10 Å². The Labute approximate surface area is 131 Å². The average Bonchev–Trinajstić information content (AvgIpc) is 3.19. The van der Waals surface area contributed by atoms with E-state index in [0.717, 1.165) is 27.7 Å². The second kappa shape index (κ2) is 6.50. The third kappa shape index (κ3) is 3.38. The fourth-order valence-electron chi connectivity index (χ4n) is 1.80. The van der Waals surface area contributed by atoms with Gasteiger partial charge in [0.2, 0.25) is 0 Å². The standard InChI is InChI=1S/C15H15N5OS/c1-10(16)13-8-22-15(19-13)7-18-20-12-4-2-11(3-5-12)14-6-17-9-21-14/h2-10,20H,16H2,1H3. The molecule has 1 unspecified atom stereocenters. The summed E-state index contributed by atoms with van der Waals surface area (Å²) in [6.45, 7) is 1.91. The van der Waals surface area contributed by atoms with Crippen molar-refractivity contribution < 1.29 is 4.42 Å². The van der Waals surface area contributed by atoms with Gasteiger partial charge in [-0.05, 0) is 31.2 Å². The van der Waals surface area contributed by atoms with Crippen LogP contribution in [0.1, 0.15) is 23.7 Å². The number of oxazole rings is 1. The Hall–Kier alpha value is -2.51. The van der Waals surface area contributed by atoms with Gasteiger partial charge >= 0.3 is 0 Å². The number of aromatic nitrogens is 2. The second-order valence-electron chi connectivity index (χ2n) is 4.71. The molecule has 0 aliphatic carbocycles. The monoisotopic (exact) mass is 313 g/mol. The highest BCUT2D eigenvalue weighted by molar-refractivity contribution is 7.11. The van der Waals surface area contributed by atoms with E-state index in [0.29, 0.717) is 0 Å². The van der Waals surface area contributed by atoms with Crippen LogP contribution in [-0.2, 0) is 0 Å². The number of nitrogens with one attached hydrogen (secondary N) is 1. The van der Waals surface area contributed by atoms with Gasteiger partial charge in [0.25, 0.3) is 0 Å². The van der Waals surface area contributed by atoms with Crippen LogP contribution < -0.4 is 11.2 Å². The molecule has 7 heteroatoms. The van der Waals surface area contributed by atoms with Crippen LogP contribution in [0.3, 0.4) is 0 Å². The van der Waals surface area contributed by atoms with E-state index < -0.39 is 0 Å². The summed E-state index contributed by atoms with van der Waals surface area (Å²) in [4.78, 5) is 8.27. The molecule has 6 nitrogen and oxygen atoms in total. The number of hydrogen-bond acceptors (Lipinski definition) is 7. The summed E-state index contributed by atoms with van der Waals surface area (Å²) in [5.74, 6) is 0.737. The molecule has 3 rings (SSSR count). The Morgan fingerprint density at radius 3 is 2.82 bits per heavy atom. The van der Waals surface area contributed by atoms with Crippen LogP contribution in [0.5, 0.6) is 0 Å².